The molecule has 0 saturated heterocycles. The van der Waals surface area contributed by atoms with Gasteiger partial charge < -0.3 is 4.57 Å². The van der Waals surface area contributed by atoms with Gasteiger partial charge in [-0.15, -0.1) is 0 Å². The molecule has 26 heavy (non-hydrogen) atoms. The second kappa shape index (κ2) is 6.16. The summed E-state index contributed by atoms with van der Waals surface area (Å²) in [5.74, 6) is 0. The molecule has 2 aromatic carbocycles. The van der Waals surface area contributed by atoms with E-state index in [0.717, 1.165) is 33.7 Å². The molecule has 4 rings (SSSR count). The summed E-state index contributed by atoms with van der Waals surface area (Å²) in [6, 6.07) is 23.0. The molecule has 0 aliphatic carbocycles. The van der Waals surface area contributed by atoms with Crippen LogP contribution in [0.4, 0.5) is 0 Å². The van der Waals surface area contributed by atoms with E-state index >= 15 is 0 Å². The maximum absolute atomic E-state index is 9.61. The Labute approximate surface area is 153 Å². The van der Waals surface area contributed by atoms with Crippen LogP contribution >= 0.6 is 0 Å². The molecule has 0 amide bonds. The molecule has 126 valence electrons. The molecular formula is C23H20N3+. The van der Waals surface area contributed by atoms with Crippen molar-refractivity contribution in [2.45, 2.75) is 13.8 Å². The monoisotopic (exact) mass is 338 g/mol. The number of rotatable bonds is 2. The second-order valence-corrected chi connectivity index (χ2v) is 6.65. The van der Waals surface area contributed by atoms with Gasteiger partial charge in [0.2, 0.25) is 11.2 Å². The fourth-order valence-corrected chi connectivity index (χ4v) is 3.63. The number of nitrogens with zero attached hydrogens (tertiary/aromatic N) is 3. The number of para-hydroxylation sites is 1. The van der Waals surface area contributed by atoms with Crippen molar-refractivity contribution >= 4 is 10.9 Å². The summed E-state index contributed by atoms with van der Waals surface area (Å²) in [6.07, 6.45) is 2.03. The number of nitriles is 1. The van der Waals surface area contributed by atoms with Crippen LogP contribution in [-0.4, -0.2) is 4.57 Å². The summed E-state index contributed by atoms with van der Waals surface area (Å²) >= 11 is 0. The van der Waals surface area contributed by atoms with Crippen molar-refractivity contribution in [1.29, 1.82) is 5.26 Å². The molecule has 2 aromatic heterocycles. The van der Waals surface area contributed by atoms with Gasteiger partial charge in [-0.05, 0) is 37.3 Å². The van der Waals surface area contributed by atoms with E-state index in [2.05, 4.69) is 71.5 Å². The minimum Gasteiger partial charge on any atom is -0.351 e. The van der Waals surface area contributed by atoms with Crippen molar-refractivity contribution in [2.24, 2.45) is 7.05 Å². The lowest BCUT2D eigenvalue weighted by Crippen LogP contribution is -2.36. The second-order valence-electron chi connectivity index (χ2n) is 6.65. The largest absolute Gasteiger partial charge is 0.351 e. The molecule has 0 unspecified atom stereocenters. The van der Waals surface area contributed by atoms with Crippen molar-refractivity contribution in [3.05, 3.63) is 83.7 Å². The summed E-state index contributed by atoms with van der Waals surface area (Å²) in [7, 11) is 2.03. The zero-order valence-electron chi connectivity index (χ0n) is 15.2. The van der Waals surface area contributed by atoms with Crippen molar-refractivity contribution in [1.82, 2.24) is 4.57 Å². The maximum Gasteiger partial charge on any atom is 0.218 e. The van der Waals surface area contributed by atoms with Crippen LogP contribution in [0.5, 0.6) is 0 Å². The summed E-state index contributed by atoms with van der Waals surface area (Å²) in [5, 5.41) is 10.8. The van der Waals surface area contributed by atoms with Gasteiger partial charge in [0.25, 0.3) is 0 Å². The van der Waals surface area contributed by atoms with E-state index in [1.54, 1.807) is 0 Å². The summed E-state index contributed by atoms with van der Waals surface area (Å²) in [4.78, 5) is 0. The fraction of sp³-hybridized carbons (Fsp3) is 0.130. The molecule has 0 spiro atoms. The minimum absolute atomic E-state index is 0.668. The third-order valence-corrected chi connectivity index (χ3v) is 5.00. The Morgan fingerprint density at radius 1 is 0.962 bits per heavy atom. The highest BCUT2D eigenvalue weighted by Gasteiger charge is 2.22. The normalized spacial score (nSPS) is 10.8. The van der Waals surface area contributed by atoms with Crippen molar-refractivity contribution < 1.29 is 4.57 Å². The van der Waals surface area contributed by atoms with Crippen molar-refractivity contribution in [2.75, 3.05) is 0 Å². The molecule has 2 heterocycles. The topological polar surface area (TPSA) is 32.6 Å². The van der Waals surface area contributed by atoms with Crippen LogP contribution in [-0.2, 0) is 7.05 Å². The number of hydrogen-bond donors (Lipinski definition) is 0. The van der Waals surface area contributed by atoms with Crippen LogP contribution in [0, 0.1) is 25.2 Å². The molecule has 3 heteroatoms. The van der Waals surface area contributed by atoms with E-state index < -0.39 is 0 Å². The lowest BCUT2D eigenvalue weighted by Gasteiger charge is -2.12. The molecule has 3 nitrogen and oxygen atoms in total. The number of aryl methyl sites for hydroxylation is 2. The van der Waals surface area contributed by atoms with Crippen LogP contribution in [0.3, 0.4) is 0 Å². The number of pyridine rings is 1. The van der Waals surface area contributed by atoms with Crippen molar-refractivity contribution in [3.8, 4) is 23.0 Å². The first-order valence-corrected chi connectivity index (χ1v) is 8.67. The van der Waals surface area contributed by atoms with Gasteiger partial charge in [-0.25, -0.2) is 0 Å². The number of benzene rings is 2. The summed E-state index contributed by atoms with van der Waals surface area (Å²) in [6.45, 7) is 4.24. The van der Waals surface area contributed by atoms with Gasteiger partial charge in [0, 0.05) is 60.6 Å². The first-order valence-electron chi connectivity index (χ1n) is 8.67. The average Bonchev–Trinajstić information content (AvgIpc) is 3.08. The Balaban J connectivity index is 2.10. The molecule has 0 atom stereocenters. The maximum atomic E-state index is 9.61. The van der Waals surface area contributed by atoms with Crippen molar-refractivity contribution in [3.63, 3.8) is 0 Å². The molecule has 0 saturated carbocycles. The Hall–Kier alpha value is -3.38. The Morgan fingerprint density at radius 2 is 1.77 bits per heavy atom. The van der Waals surface area contributed by atoms with E-state index in [9.17, 15) is 5.26 Å². The number of fused-ring (bicyclic) bond motifs is 1. The lowest BCUT2D eigenvalue weighted by molar-refractivity contribution is -0.574. The highest BCUT2D eigenvalue weighted by molar-refractivity contribution is 5.77. The molecule has 0 aliphatic rings. The predicted octanol–water partition coefficient (Wildman–Crippen LogP) is 4.61. The lowest BCUT2D eigenvalue weighted by atomic mass is 9.99. The van der Waals surface area contributed by atoms with Crippen LogP contribution in [0.15, 0.2) is 66.9 Å². The van der Waals surface area contributed by atoms with E-state index in [1.165, 1.54) is 5.39 Å². The molecule has 0 bridgehead atoms. The Morgan fingerprint density at radius 3 is 2.50 bits per heavy atom. The highest BCUT2D eigenvalue weighted by Crippen LogP contribution is 2.28. The first kappa shape index (κ1) is 16.1. The van der Waals surface area contributed by atoms with Gasteiger partial charge >= 0.3 is 0 Å². The van der Waals surface area contributed by atoms with E-state index in [-0.39, 0.29) is 0 Å². The Bertz CT molecular complexity index is 1180. The molecule has 0 fully saturated rings. The van der Waals surface area contributed by atoms with Crippen LogP contribution in [0.1, 0.15) is 16.8 Å². The van der Waals surface area contributed by atoms with Gasteiger partial charge in [-0.1, -0.05) is 12.1 Å². The molecule has 4 aromatic rings. The van der Waals surface area contributed by atoms with Gasteiger partial charge in [0.05, 0.1) is 11.6 Å². The smallest absolute Gasteiger partial charge is 0.218 e. The van der Waals surface area contributed by atoms with E-state index in [1.807, 2.05) is 31.4 Å². The predicted molar refractivity (Wildman–Crippen MR) is 104 cm³/mol. The summed E-state index contributed by atoms with van der Waals surface area (Å²) in [5.41, 5.74) is 7.36. The quantitative estimate of drug-likeness (QED) is 0.491. The van der Waals surface area contributed by atoms with Gasteiger partial charge in [-0.2, -0.15) is 9.83 Å². The van der Waals surface area contributed by atoms with Gasteiger partial charge in [0.1, 0.15) is 0 Å². The Kier molecular flexibility index (Phi) is 3.82. The third kappa shape index (κ3) is 2.48. The highest BCUT2D eigenvalue weighted by atomic mass is 15.0. The molecular weight excluding hydrogens is 318 g/mol. The summed E-state index contributed by atoms with van der Waals surface area (Å²) < 4.78 is 4.34. The van der Waals surface area contributed by atoms with Gasteiger partial charge in [0.15, 0.2) is 5.69 Å². The standard InChI is InChI=1S/C23H20N3/c1-16-10-11-19-7-4-5-8-21(19)26(16)23-14-18(15-24)13-20(17(23)2)22-9-6-12-25(22)3/h4-14H,1-3H3/q+1. The first-order chi connectivity index (χ1) is 12.6. The van der Waals surface area contributed by atoms with Gasteiger partial charge in [-0.3, -0.25) is 0 Å². The van der Waals surface area contributed by atoms with E-state index in [4.69, 9.17) is 0 Å². The third-order valence-electron chi connectivity index (χ3n) is 5.00. The molecule has 0 aliphatic heterocycles. The SMILES string of the molecule is Cc1c(-c2cccn2C)cc(C#N)cc1-[n+]1c(C)ccc2ccccc21. The zero-order chi connectivity index (χ0) is 18.3. The molecule has 0 N–H and O–H groups in total. The minimum atomic E-state index is 0.668. The fourth-order valence-electron chi connectivity index (χ4n) is 3.63. The van der Waals surface area contributed by atoms with Crippen LogP contribution in [0.2, 0.25) is 0 Å². The molecule has 0 radical (unpaired) electrons. The van der Waals surface area contributed by atoms with Crippen LogP contribution in [0.25, 0.3) is 27.8 Å². The number of hydrogen-bond acceptors (Lipinski definition) is 1. The van der Waals surface area contributed by atoms with E-state index in [0.29, 0.717) is 5.56 Å². The average molecular weight is 338 g/mol. The van der Waals surface area contributed by atoms with Crippen LogP contribution < -0.4 is 4.57 Å². The zero-order valence-corrected chi connectivity index (χ0v) is 15.2. The number of aromatic nitrogens is 2.